The van der Waals surface area contributed by atoms with Gasteiger partial charge in [0.1, 0.15) is 23.0 Å². The highest BCUT2D eigenvalue weighted by Gasteiger charge is 2.20. The highest BCUT2D eigenvalue weighted by atomic mass is 32.2. The van der Waals surface area contributed by atoms with Crippen molar-refractivity contribution in [2.75, 3.05) is 20.3 Å². The lowest BCUT2D eigenvalue weighted by molar-refractivity contribution is 0.322. The van der Waals surface area contributed by atoms with Crippen molar-refractivity contribution >= 4 is 10.0 Å². The molecule has 26 heavy (non-hydrogen) atoms. The first-order valence-electron chi connectivity index (χ1n) is 8.62. The molecule has 0 saturated heterocycles. The summed E-state index contributed by atoms with van der Waals surface area (Å²) in [4.78, 5) is 0.143. The molecule has 0 aliphatic carbocycles. The SMILES string of the molecule is COc1cc(C)c(C)cc1S(=O)(=O)NCCOc1ccc(C(C)C)cc1. The van der Waals surface area contributed by atoms with Gasteiger partial charge in [0.05, 0.1) is 7.11 Å². The molecule has 2 aromatic rings. The van der Waals surface area contributed by atoms with Crippen LogP contribution in [0.4, 0.5) is 0 Å². The van der Waals surface area contributed by atoms with E-state index in [0.29, 0.717) is 11.7 Å². The smallest absolute Gasteiger partial charge is 0.244 e. The van der Waals surface area contributed by atoms with Gasteiger partial charge in [-0.05, 0) is 60.7 Å². The first-order chi connectivity index (χ1) is 12.2. The van der Waals surface area contributed by atoms with Gasteiger partial charge >= 0.3 is 0 Å². The van der Waals surface area contributed by atoms with Crippen LogP contribution >= 0.6 is 0 Å². The molecule has 0 unspecified atom stereocenters. The minimum absolute atomic E-state index is 0.143. The number of aryl methyl sites for hydroxylation is 2. The summed E-state index contributed by atoms with van der Waals surface area (Å²) in [7, 11) is -2.20. The van der Waals surface area contributed by atoms with Crippen LogP contribution in [0.15, 0.2) is 41.3 Å². The number of rotatable bonds is 8. The molecule has 0 spiro atoms. The first kappa shape index (κ1) is 20.3. The average Bonchev–Trinajstić information content (AvgIpc) is 2.61. The molecule has 2 aromatic carbocycles. The van der Waals surface area contributed by atoms with E-state index in [1.54, 1.807) is 12.1 Å². The van der Waals surface area contributed by atoms with E-state index < -0.39 is 10.0 Å². The zero-order valence-corrected chi connectivity index (χ0v) is 16.8. The highest BCUT2D eigenvalue weighted by Crippen LogP contribution is 2.27. The molecule has 0 aliphatic rings. The Bertz CT molecular complexity index is 843. The molecule has 0 aromatic heterocycles. The van der Waals surface area contributed by atoms with Gasteiger partial charge in [0.2, 0.25) is 10.0 Å². The van der Waals surface area contributed by atoms with Gasteiger partial charge in [0, 0.05) is 6.54 Å². The number of methoxy groups -OCH3 is 1. The number of sulfonamides is 1. The lowest BCUT2D eigenvalue weighted by Crippen LogP contribution is -2.28. The van der Waals surface area contributed by atoms with Gasteiger partial charge in [-0.1, -0.05) is 26.0 Å². The predicted octanol–water partition coefficient (Wildman–Crippen LogP) is 3.79. The summed E-state index contributed by atoms with van der Waals surface area (Å²) in [6.07, 6.45) is 0. The van der Waals surface area contributed by atoms with Gasteiger partial charge < -0.3 is 9.47 Å². The second kappa shape index (κ2) is 8.56. The van der Waals surface area contributed by atoms with E-state index >= 15 is 0 Å². The van der Waals surface area contributed by atoms with E-state index in [1.165, 1.54) is 12.7 Å². The van der Waals surface area contributed by atoms with Crippen molar-refractivity contribution in [3.05, 3.63) is 53.1 Å². The molecule has 0 saturated carbocycles. The second-order valence-corrected chi connectivity index (χ2v) is 8.29. The van der Waals surface area contributed by atoms with E-state index in [0.717, 1.165) is 16.9 Å². The van der Waals surface area contributed by atoms with Crippen LogP contribution in [0, 0.1) is 13.8 Å². The first-order valence-corrected chi connectivity index (χ1v) is 10.1. The van der Waals surface area contributed by atoms with Crippen LogP contribution in [0.3, 0.4) is 0 Å². The molecule has 0 bridgehead atoms. The van der Waals surface area contributed by atoms with Crippen LogP contribution in [0.1, 0.15) is 36.5 Å². The van der Waals surface area contributed by atoms with Crippen LogP contribution < -0.4 is 14.2 Å². The summed E-state index contributed by atoms with van der Waals surface area (Å²) in [5.74, 6) is 1.52. The second-order valence-electron chi connectivity index (χ2n) is 6.56. The fourth-order valence-corrected chi connectivity index (χ4v) is 3.75. The molecule has 0 amide bonds. The Labute approximate surface area is 156 Å². The molecule has 0 heterocycles. The Balaban J connectivity index is 1.97. The lowest BCUT2D eigenvalue weighted by atomic mass is 10.0. The van der Waals surface area contributed by atoms with Crippen molar-refractivity contribution in [1.82, 2.24) is 4.72 Å². The molecule has 6 heteroatoms. The third-order valence-corrected chi connectivity index (χ3v) is 5.76. The van der Waals surface area contributed by atoms with E-state index in [2.05, 4.69) is 18.6 Å². The Hall–Kier alpha value is -2.05. The number of hydrogen-bond donors (Lipinski definition) is 1. The van der Waals surface area contributed by atoms with E-state index in [9.17, 15) is 8.42 Å². The van der Waals surface area contributed by atoms with Crippen molar-refractivity contribution in [2.24, 2.45) is 0 Å². The maximum atomic E-state index is 12.6. The normalized spacial score (nSPS) is 11.6. The molecular formula is C20H27NO4S. The Kier molecular flexibility index (Phi) is 6.67. The van der Waals surface area contributed by atoms with E-state index in [1.807, 2.05) is 38.1 Å². The Morgan fingerprint density at radius 2 is 1.65 bits per heavy atom. The summed E-state index contributed by atoms with van der Waals surface area (Å²) >= 11 is 0. The van der Waals surface area contributed by atoms with Crippen molar-refractivity contribution in [1.29, 1.82) is 0 Å². The topological polar surface area (TPSA) is 64.6 Å². The molecule has 0 radical (unpaired) electrons. The number of hydrogen-bond acceptors (Lipinski definition) is 4. The predicted molar refractivity (Wildman–Crippen MR) is 104 cm³/mol. The molecule has 5 nitrogen and oxygen atoms in total. The van der Waals surface area contributed by atoms with Gasteiger partial charge in [-0.3, -0.25) is 0 Å². The molecule has 0 fully saturated rings. The summed E-state index contributed by atoms with van der Waals surface area (Å²) in [6.45, 7) is 8.47. The Morgan fingerprint density at radius 1 is 1.04 bits per heavy atom. The summed E-state index contributed by atoms with van der Waals surface area (Å²) < 4.78 is 38.5. The van der Waals surface area contributed by atoms with E-state index in [4.69, 9.17) is 9.47 Å². The van der Waals surface area contributed by atoms with Crippen LogP contribution in [0.2, 0.25) is 0 Å². The fraction of sp³-hybridized carbons (Fsp3) is 0.400. The minimum atomic E-state index is -3.67. The standard InChI is InChI=1S/C20H27NO4S/c1-14(2)17-6-8-18(9-7-17)25-11-10-21-26(22,23)20-13-16(4)15(3)12-19(20)24-5/h6-9,12-14,21H,10-11H2,1-5H3. The third-order valence-electron chi connectivity index (χ3n) is 4.28. The molecule has 2 rings (SSSR count). The Morgan fingerprint density at radius 3 is 2.23 bits per heavy atom. The quantitative estimate of drug-likeness (QED) is 0.711. The summed E-state index contributed by atoms with van der Waals surface area (Å²) in [5, 5.41) is 0. The minimum Gasteiger partial charge on any atom is -0.495 e. The van der Waals surface area contributed by atoms with Crippen molar-refractivity contribution in [3.8, 4) is 11.5 Å². The van der Waals surface area contributed by atoms with Gasteiger partial charge in [0.25, 0.3) is 0 Å². The summed E-state index contributed by atoms with van der Waals surface area (Å²) in [5.41, 5.74) is 3.11. The maximum absolute atomic E-state index is 12.6. The molecule has 0 atom stereocenters. The molecular weight excluding hydrogens is 350 g/mol. The van der Waals surface area contributed by atoms with Gasteiger partial charge in [-0.25, -0.2) is 13.1 Å². The van der Waals surface area contributed by atoms with Gasteiger partial charge in [0.15, 0.2) is 0 Å². The van der Waals surface area contributed by atoms with Crippen molar-refractivity contribution in [3.63, 3.8) is 0 Å². The van der Waals surface area contributed by atoms with Crippen LogP contribution in [0.25, 0.3) is 0 Å². The van der Waals surface area contributed by atoms with Crippen LogP contribution in [-0.2, 0) is 10.0 Å². The van der Waals surface area contributed by atoms with Gasteiger partial charge in [-0.2, -0.15) is 0 Å². The number of nitrogens with one attached hydrogen (secondary N) is 1. The number of benzene rings is 2. The van der Waals surface area contributed by atoms with Crippen molar-refractivity contribution < 1.29 is 17.9 Å². The van der Waals surface area contributed by atoms with Crippen molar-refractivity contribution in [2.45, 2.75) is 38.5 Å². The molecule has 142 valence electrons. The third kappa shape index (κ3) is 4.99. The zero-order chi connectivity index (χ0) is 19.3. The van der Waals surface area contributed by atoms with Crippen LogP contribution in [-0.4, -0.2) is 28.7 Å². The zero-order valence-electron chi connectivity index (χ0n) is 16.0. The highest BCUT2D eigenvalue weighted by molar-refractivity contribution is 7.89. The largest absolute Gasteiger partial charge is 0.495 e. The van der Waals surface area contributed by atoms with Gasteiger partial charge in [-0.15, -0.1) is 0 Å². The maximum Gasteiger partial charge on any atom is 0.244 e. The fourth-order valence-electron chi connectivity index (χ4n) is 2.50. The monoisotopic (exact) mass is 377 g/mol. The number of ether oxygens (including phenoxy) is 2. The molecule has 0 aliphatic heterocycles. The molecule has 1 N–H and O–H groups in total. The van der Waals surface area contributed by atoms with E-state index in [-0.39, 0.29) is 18.0 Å². The van der Waals surface area contributed by atoms with Crippen LogP contribution in [0.5, 0.6) is 11.5 Å². The lowest BCUT2D eigenvalue weighted by Gasteiger charge is -2.13. The summed E-state index contributed by atoms with van der Waals surface area (Å²) in [6, 6.07) is 11.2. The average molecular weight is 378 g/mol.